The highest BCUT2D eigenvalue weighted by atomic mass is 32.2. The summed E-state index contributed by atoms with van der Waals surface area (Å²) in [6, 6.07) is 8.32. The lowest BCUT2D eigenvalue weighted by Crippen LogP contribution is -2.35. The molecular weight excluding hydrogens is 242 g/mol. The van der Waals surface area contributed by atoms with Crippen LogP contribution in [0.25, 0.3) is 0 Å². The van der Waals surface area contributed by atoms with E-state index in [1.165, 1.54) is 24.4 Å². The summed E-state index contributed by atoms with van der Waals surface area (Å²) >= 11 is 2.06. The van der Waals surface area contributed by atoms with Crippen LogP contribution in [0.4, 0.5) is 0 Å². The molecule has 0 radical (unpaired) electrons. The Balaban J connectivity index is 1.93. The fraction of sp³-hybridized carbons (Fsp3) is 0.467. The van der Waals surface area contributed by atoms with E-state index >= 15 is 0 Å². The minimum absolute atomic E-state index is 0.0783. The number of hydrogen-bond donors (Lipinski definition) is 1. The van der Waals surface area contributed by atoms with E-state index in [4.69, 9.17) is 5.11 Å². The number of benzene rings is 1. The quantitative estimate of drug-likeness (QED) is 0.823. The van der Waals surface area contributed by atoms with E-state index in [0.717, 1.165) is 17.4 Å². The van der Waals surface area contributed by atoms with Gasteiger partial charge in [-0.25, -0.2) is 0 Å². The Hall–Kier alpha value is -0.950. The maximum Gasteiger partial charge on any atom is 0.104 e. The zero-order valence-electron chi connectivity index (χ0n) is 10.7. The van der Waals surface area contributed by atoms with Gasteiger partial charge in [0, 0.05) is 36.2 Å². The molecule has 0 aromatic heterocycles. The molecule has 0 spiro atoms. The second-order valence-electron chi connectivity index (χ2n) is 4.57. The highest BCUT2D eigenvalue weighted by molar-refractivity contribution is 7.99. The van der Waals surface area contributed by atoms with Crippen molar-refractivity contribution in [3.05, 3.63) is 35.4 Å². The lowest BCUT2D eigenvalue weighted by molar-refractivity contribution is 0.278. The Labute approximate surface area is 113 Å². The summed E-state index contributed by atoms with van der Waals surface area (Å²) in [4.78, 5) is 2.51. The molecule has 1 saturated heterocycles. The number of aliphatic hydroxyl groups is 1. The second kappa shape index (κ2) is 6.84. The average Bonchev–Trinajstić information content (AvgIpc) is 2.38. The van der Waals surface area contributed by atoms with Gasteiger partial charge < -0.3 is 5.11 Å². The standard InChI is InChI=1S/C15H19NOS/c1-13-11-16(8-10-18-13)12-15-6-4-14(5-7-15)3-2-9-17/h4-7,13,17H,8-12H2,1H3. The predicted octanol–water partition coefficient (Wildman–Crippen LogP) is 1.97. The third-order valence-electron chi connectivity index (χ3n) is 3.00. The van der Waals surface area contributed by atoms with Gasteiger partial charge in [0.05, 0.1) is 0 Å². The maximum absolute atomic E-state index is 8.64. The molecule has 3 heteroatoms. The largest absolute Gasteiger partial charge is 0.384 e. The summed E-state index contributed by atoms with van der Waals surface area (Å²) in [5, 5.41) is 9.39. The van der Waals surface area contributed by atoms with Gasteiger partial charge in [0.1, 0.15) is 6.61 Å². The van der Waals surface area contributed by atoms with Crippen LogP contribution in [0.15, 0.2) is 24.3 Å². The molecule has 1 N–H and O–H groups in total. The SMILES string of the molecule is CC1CN(Cc2ccc(C#CCO)cc2)CCS1. The van der Waals surface area contributed by atoms with Crippen LogP contribution in [-0.2, 0) is 6.54 Å². The molecule has 2 rings (SSSR count). The molecule has 0 bridgehead atoms. The monoisotopic (exact) mass is 261 g/mol. The van der Waals surface area contributed by atoms with Gasteiger partial charge in [-0.15, -0.1) is 0 Å². The average molecular weight is 261 g/mol. The molecule has 1 aromatic rings. The van der Waals surface area contributed by atoms with Crippen molar-refractivity contribution in [3.63, 3.8) is 0 Å². The Morgan fingerprint density at radius 2 is 2.17 bits per heavy atom. The Morgan fingerprint density at radius 3 is 2.83 bits per heavy atom. The van der Waals surface area contributed by atoms with Crippen LogP contribution < -0.4 is 0 Å². The minimum atomic E-state index is -0.0783. The molecule has 1 aromatic carbocycles. The lowest BCUT2D eigenvalue weighted by atomic mass is 10.1. The van der Waals surface area contributed by atoms with Crippen molar-refractivity contribution in [2.45, 2.75) is 18.7 Å². The molecule has 0 amide bonds. The van der Waals surface area contributed by atoms with E-state index in [9.17, 15) is 0 Å². The molecule has 1 aliphatic rings. The summed E-state index contributed by atoms with van der Waals surface area (Å²) in [7, 11) is 0. The first-order valence-corrected chi connectivity index (χ1v) is 7.35. The van der Waals surface area contributed by atoms with Crippen LogP contribution in [0.1, 0.15) is 18.1 Å². The van der Waals surface area contributed by atoms with Crippen molar-refractivity contribution in [1.82, 2.24) is 4.90 Å². The number of nitrogens with zero attached hydrogens (tertiary/aromatic N) is 1. The molecule has 1 fully saturated rings. The third kappa shape index (κ3) is 4.06. The van der Waals surface area contributed by atoms with Crippen LogP contribution in [0.3, 0.4) is 0 Å². The zero-order chi connectivity index (χ0) is 12.8. The van der Waals surface area contributed by atoms with Gasteiger partial charge in [0.25, 0.3) is 0 Å². The number of hydrogen-bond acceptors (Lipinski definition) is 3. The molecule has 1 heterocycles. The number of rotatable bonds is 2. The van der Waals surface area contributed by atoms with Gasteiger partial charge >= 0.3 is 0 Å². The molecule has 0 aliphatic carbocycles. The highest BCUT2D eigenvalue weighted by Gasteiger charge is 2.16. The molecule has 2 nitrogen and oxygen atoms in total. The first kappa shape index (κ1) is 13.5. The summed E-state index contributed by atoms with van der Waals surface area (Å²) in [5.41, 5.74) is 2.30. The topological polar surface area (TPSA) is 23.5 Å². The van der Waals surface area contributed by atoms with Gasteiger partial charge in [-0.2, -0.15) is 11.8 Å². The minimum Gasteiger partial charge on any atom is -0.384 e. The Morgan fingerprint density at radius 1 is 1.39 bits per heavy atom. The Kier molecular flexibility index (Phi) is 5.12. The zero-order valence-corrected chi connectivity index (χ0v) is 11.5. The fourth-order valence-electron chi connectivity index (χ4n) is 2.13. The first-order valence-electron chi connectivity index (χ1n) is 6.30. The summed E-state index contributed by atoms with van der Waals surface area (Å²) in [5.74, 6) is 6.82. The van der Waals surface area contributed by atoms with Gasteiger partial charge in [0.2, 0.25) is 0 Å². The normalized spacial score (nSPS) is 20.2. The lowest BCUT2D eigenvalue weighted by Gasteiger charge is -2.30. The molecule has 1 atom stereocenters. The van der Waals surface area contributed by atoms with Crippen LogP contribution in [0.5, 0.6) is 0 Å². The summed E-state index contributed by atoms with van der Waals surface area (Å²) < 4.78 is 0. The van der Waals surface area contributed by atoms with Crippen LogP contribution in [0, 0.1) is 11.8 Å². The molecular formula is C15H19NOS. The van der Waals surface area contributed by atoms with E-state index in [1.807, 2.05) is 12.1 Å². The van der Waals surface area contributed by atoms with Crippen molar-refractivity contribution < 1.29 is 5.11 Å². The van der Waals surface area contributed by atoms with Crippen molar-refractivity contribution in [2.75, 3.05) is 25.4 Å². The van der Waals surface area contributed by atoms with Gasteiger partial charge in [-0.05, 0) is 17.7 Å². The first-order chi connectivity index (χ1) is 8.78. The van der Waals surface area contributed by atoms with E-state index in [1.54, 1.807) is 0 Å². The molecule has 18 heavy (non-hydrogen) atoms. The van der Waals surface area contributed by atoms with Gasteiger partial charge in [0.15, 0.2) is 0 Å². The van der Waals surface area contributed by atoms with E-state index in [0.29, 0.717) is 0 Å². The Bertz CT molecular complexity index is 432. The second-order valence-corrected chi connectivity index (χ2v) is 6.12. The number of aliphatic hydroxyl groups excluding tert-OH is 1. The predicted molar refractivity (Wildman–Crippen MR) is 77.6 cm³/mol. The molecule has 0 saturated carbocycles. The third-order valence-corrected chi connectivity index (χ3v) is 4.13. The molecule has 1 aliphatic heterocycles. The smallest absolute Gasteiger partial charge is 0.104 e. The summed E-state index contributed by atoms with van der Waals surface area (Å²) in [6.45, 7) is 5.60. The van der Waals surface area contributed by atoms with E-state index in [2.05, 4.69) is 47.6 Å². The van der Waals surface area contributed by atoms with E-state index < -0.39 is 0 Å². The summed E-state index contributed by atoms with van der Waals surface area (Å²) in [6.07, 6.45) is 0. The van der Waals surface area contributed by atoms with Crippen molar-refractivity contribution in [1.29, 1.82) is 0 Å². The van der Waals surface area contributed by atoms with Crippen molar-refractivity contribution in [2.24, 2.45) is 0 Å². The van der Waals surface area contributed by atoms with Crippen LogP contribution in [0.2, 0.25) is 0 Å². The highest BCUT2D eigenvalue weighted by Crippen LogP contribution is 2.19. The van der Waals surface area contributed by atoms with Crippen molar-refractivity contribution >= 4 is 11.8 Å². The van der Waals surface area contributed by atoms with Gasteiger partial charge in [-0.3, -0.25) is 4.90 Å². The van der Waals surface area contributed by atoms with Gasteiger partial charge in [-0.1, -0.05) is 30.9 Å². The van der Waals surface area contributed by atoms with Crippen LogP contribution in [-0.4, -0.2) is 40.7 Å². The maximum atomic E-state index is 8.64. The molecule has 1 unspecified atom stereocenters. The van der Waals surface area contributed by atoms with Crippen molar-refractivity contribution in [3.8, 4) is 11.8 Å². The van der Waals surface area contributed by atoms with E-state index in [-0.39, 0.29) is 6.61 Å². The van der Waals surface area contributed by atoms with Crippen LogP contribution >= 0.6 is 11.8 Å². The fourth-order valence-corrected chi connectivity index (χ4v) is 3.21. The molecule has 96 valence electrons. The number of thioether (sulfide) groups is 1.